The van der Waals surface area contributed by atoms with Crippen molar-refractivity contribution >= 4 is 23.7 Å². The summed E-state index contributed by atoms with van der Waals surface area (Å²) >= 11 is 4.32. The Labute approximate surface area is 99.2 Å². The number of aromatic nitrogens is 1. The van der Waals surface area contributed by atoms with Crippen molar-refractivity contribution in [2.45, 2.75) is 11.8 Å². The molecule has 1 aromatic carbocycles. The van der Waals surface area contributed by atoms with Crippen molar-refractivity contribution in [1.29, 1.82) is 0 Å². The van der Waals surface area contributed by atoms with Crippen LogP contribution in [0.15, 0.2) is 29.0 Å². The van der Waals surface area contributed by atoms with Crippen molar-refractivity contribution in [3.63, 3.8) is 0 Å². The van der Waals surface area contributed by atoms with Crippen LogP contribution in [-0.2, 0) is 10.2 Å². The largest absolute Gasteiger partial charge is 0.443 e. The van der Waals surface area contributed by atoms with Gasteiger partial charge in [-0.05, 0) is 29.9 Å². The summed E-state index contributed by atoms with van der Waals surface area (Å²) in [5, 5.41) is 0. The molecule has 1 saturated heterocycles. The van der Waals surface area contributed by atoms with Crippen LogP contribution < -0.4 is 0 Å². The molecule has 0 atom stereocenters. The fourth-order valence-corrected chi connectivity index (χ4v) is 2.63. The van der Waals surface area contributed by atoms with E-state index in [0.29, 0.717) is 0 Å². The quantitative estimate of drug-likeness (QED) is 0.830. The van der Waals surface area contributed by atoms with Crippen molar-refractivity contribution < 1.29 is 9.15 Å². The first-order valence-corrected chi connectivity index (χ1v) is 6.00. The van der Waals surface area contributed by atoms with Crippen molar-refractivity contribution in [2.24, 2.45) is 0 Å². The summed E-state index contributed by atoms with van der Waals surface area (Å²) in [6.45, 7) is 1.57. The van der Waals surface area contributed by atoms with Gasteiger partial charge in [0.05, 0.1) is 13.2 Å². The van der Waals surface area contributed by atoms with Gasteiger partial charge in [-0.25, -0.2) is 4.98 Å². The predicted octanol–water partition coefficient (Wildman–Crippen LogP) is 2.42. The summed E-state index contributed by atoms with van der Waals surface area (Å²) in [7, 11) is 0. The highest BCUT2D eigenvalue weighted by Crippen LogP contribution is 2.37. The van der Waals surface area contributed by atoms with Crippen LogP contribution in [0.25, 0.3) is 11.1 Å². The van der Waals surface area contributed by atoms with Crippen LogP contribution in [0.4, 0.5) is 0 Å². The number of ether oxygens (including phenoxy) is 1. The minimum absolute atomic E-state index is 0.142. The van der Waals surface area contributed by atoms with Gasteiger partial charge in [-0.2, -0.15) is 12.6 Å². The zero-order chi connectivity index (χ0) is 11.0. The minimum Gasteiger partial charge on any atom is -0.443 e. The highest BCUT2D eigenvalue weighted by molar-refractivity contribution is 7.80. The smallest absolute Gasteiger partial charge is 0.181 e. The number of thiol groups is 1. The van der Waals surface area contributed by atoms with Gasteiger partial charge >= 0.3 is 0 Å². The summed E-state index contributed by atoms with van der Waals surface area (Å²) in [6.07, 6.45) is 2.52. The number of hydrogen-bond acceptors (Lipinski definition) is 4. The monoisotopic (exact) mass is 235 g/mol. The maximum Gasteiger partial charge on any atom is 0.181 e. The topological polar surface area (TPSA) is 35.3 Å². The lowest BCUT2D eigenvalue weighted by atomic mass is 9.76. The van der Waals surface area contributed by atoms with Crippen molar-refractivity contribution in [2.75, 3.05) is 19.0 Å². The maximum absolute atomic E-state index is 5.36. The molecule has 0 aliphatic carbocycles. The first-order valence-electron chi connectivity index (χ1n) is 5.36. The molecular formula is C12H13NO2S. The van der Waals surface area contributed by atoms with E-state index in [1.807, 2.05) is 6.07 Å². The molecule has 0 unspecified atom stereocenters. The molecule has 16 heavy (non-hydrogen) atoms. The fourth-order valence-electron chi connectivity index (χ4n) is 2.20. The van der Waals surface area contributed by atoms with E-state index in [1.54, 1.807) is 0 Å². The van der Waals surface area contributed by atoms with E-state index in [1.165, 1.54) is 12.0 Å². The van der Waals surface area contributed by atoms with Gasteiger partial charge < -0.3 is 9.15 Å². The van der Waals surface area contributed by atoms with Crippen LogP contribution in [0.2, 0.25) is 0 Å². The van der Waals surface area contributed by atoms with Gasteiger partial charge in [-0.3, -0.25) is 0 Å². The summed E-state index contributed by atoms with van der Waals surface area (Å²) in [5.41, 5.74) is 3.17. The number of hydrogen-bond donors (Lipinski definition) is 1. The van der Waals surface area contributed by atoms with E-state index in [0.717, 1.165) is 36.5 Å². The van der Waals surface area contributed by atoms with E-state index in [-0.39, 0.29) is 5.41 Å². The van der Waals surface area contributed by atoms with Crippen molar-refractivity contribution in [1.82, 2.24) is 4.98 Å². The number of rotatable bonds is 3. The number of nitrogens with zero attached hydrogens (tertiary/aromatic N) is 1. The number of benzene rings is 1. The Morgan fingerprint density at radius 2 is 2.25 bits per heavy atom. The zero-order valence-electron chi connectivity index (χ0n) is 8.85. The molecule has 1 fully saturated rings. The van der Waals surface area contributed by atoms with E-state index >= 15 is 0 Å². The average molecular weight is 235 g/mol. The second-order valence-electron chi connectivity index (χ2n) is 4.28. The Morgan fingerprint density at radius 3 is 2.94 bits per heavy atom. The Morgan fingerprint density at radius 1 is 1.38 bits per heavy atom. The fraction of sp³-hybridized carbons (Fsp3) is 0.417. The maximum atomic E-state index is 5.36. The van der Waals surface area contributed by atoms with E-state index in [9.17, 15) is 0 Å². The van der Waals surface area contributed by atoms with Crippen LogP contribution in [0.3, 0.4) is 0 Å². The van der Waals surface area contributed by atoms with Crippen LogP contribution in [0.1, 0.15) is 12.0 Å². The first kappa shape index (κ1) is 10.2. The molecule has 1 aromatic heterocycles. The summed E-state index contributed by atoms with van der Waals surface area (Å²) in [6, 6.07) is 6.21. The molecule has 0 saturated carbocycles. The molecule has 3 nitrogen and oxygen atoms in total. The third-order valence-corrected chi connectivity index (χ3v) is 3.51. The lowest BCUT2D eigenvalue weighted by Crippen LogP contribution is -2.47. The highest BCUT2D eigenvalue weighted by atomic mass is 32.1. The van der Waals surface area contributed by atoms with Gasteiger partial charge in [-0.1, -0.05) is 6.07 Å². The third-order valence-electron chi connectivity index (χ3n) is 3.29. The Hall–Kier alpha value is -1.00. The molecule has 1 aliphatic rings. The second-order valence-corrected chi connectivity index (χ2v) is 4.73. The molecule has 0 spiro atoms. The van der Waals surface area contributed by atoms with E-state index in [2.05, 4.69) is 29.7 Å². The van der Waals surface area contributed by atoms with Crippen LogP contribution in [0, 0.1) is 0 Å². The van der Waals surface area contributed by atoms with Gasteiger partial charge in [0.25, 0.3) is 0 Å². The summed E-state index contributed by atoms with van der Waals surface area (Å²) in [4.78, 5) is 4.12. The number of fused-ring (bicyclic) bond motifs is 1. The van der Waals surface area contributed by atoms with Crippen molar-refractivity contribution in [3.05, 3.63) is 30.2 Å². The Kier molecular flexibility index (Phi) is 2.41. The van der Waals surface area contributed by atoms with Crippen LogP contribution in [0.5, 0.6) is 0 Å². The minimum atomic E-state index is 0.142. The highest BCUT2D eigenvalue weighted by Gasteiger charge is 2.39. The third kappa shape index (κ3) is 1.44. The Bertz CT molecular complexity index is 504. The van der Waals surface area contributed by atoms with E-state index < -0.39 is 0 Å². The molecule has 1 aliphatic heterocycles. The molecule has 2 heterocycles. The van der Waals surface area contributed by atoms with Gasteiger partial charge in [-0.15, -0.1) is 0 Å². The van der Waals surface area contributed by atoms with Gasteiger partial charge in [0, 0.05) is 5.41 Å². The van der Waals surface area contributed by atoms with Crippen LogP contribution in [-0.4, -0.2) is 24.0 Å². The molecular weight excluding hydrogens is 222 g/mol. The average Bonchev–Trinajstić information content (AvgIpc) is 2.70. The lowest BCUT2D eigenvalue weighted by Gasteiger charge is -2.41. The summed E-state index contributed by atoms with van der Waals surface area (Å²) < 4.78 is 10.7. The lowest BCUT2D eigenvalue weighted by molar-refractivity contribution is -0.0613. The standard InChI is InChI=1S/C12H13NO2S/c16-4-3-12(6-14-7-12)9-1-2-10-11(5-9)15-8-13-10/h1-2,5,8,16H,3-4,6-7H2. The molecule has 84 valence electrons. The second kappa shape index (κ2) is 3.79. The van der Waals surface area contributed by atoms with Gasteiger partial charge in [0.2, 0.25) is 0 Å². The Balaban J connectivity index is 2.03. The van der Waals surface area contributed by atoms with Gasteiger partial charge in [0.1, 0.15) is 5.52 Å². The molecule has 2 aromatic rings. The number of oxazole rings is 1. The molecule has 0 radical (unpaired) electrons. The first-order chi connectivity index (χ1) is 7.84. The van der Waals surface area contributed by atoms with Crippen LogP contribution >= 0.6 is 12.6 Å². The SMILES string of the molecule is SCCC1(c2ccc3ncoc3c2)COC1. The molecule has 3 rings (SSSR count). The summed E-state index contributed by atoms with van der Waals surface area (Å²) in [5.74, 6) is 0.873. The molecule has 0 N–H and O–H groups in total. The van der Waals surface area contributed by atoms with E-state index in [4.69, 9.17) is 9.15 Å². The zero-order valence-corrected chi connectivity index (χ0v) is 9.74. The predicted molar refractivity (Wildman–Crippen MR) is 65.0 cm³/mol. The normalized spacial score (nSPS) is 18.6. The van der Waals surface area contributed by atoms with Gasteiger partial charge in [0.15, 0.2) is 12.0 Å². The van der Waals surface area contributed by atoms with Crippen molar-refractivity contribution in [3.8, 4) is 0 Å². The molecule has 4 heteroatoms. The molecule has 0 bridgehead atoms. The molecule has 0 amide bonds.